The van der Waals surface area contributed by atoms with Crippen LogP contribution in [0, 0.1) is 12.7 Å². The van der Waals surface area contributed by atoms with E-state index in [1.165, 1.54) is 12.1 Å². The van der Waals surface area contributed by atoms with Gasteiger partial charge in [-0.05, 0) is 43.2 Å². The molecule has 0 spiro atoms. The molecule has 3 N–H and O–H groups in total. The van der Waals surface area contributed by atoms with E-state index in [9.17, 15) is 9.18 Å². The number of guanidine groups is 1. The largest absolute Gasteiger partial charge is 0.489 e. The van der Waals surface area contributed by atoms with Crippen molar-refractivity contribution in [3.8, 4) is 5.75 Å². The lowest BCUT2D eigenvalue weighted by molar-refractivity contribution is -0.120. The number of ether oxygens (including phenoxy) is 1. The van der Waals surface area contributed by atoms with Crippen molar-refractivity contribution in [2.24, 2.45) is 4.99 Å². The summed E-state index contributed by atoms with van der Waals surface area (Å²) in [6, 6.07) is 13.8. The number of hydrogen-bond donors (Lipinski definition) is 3. The molecule has 1 unspecified atom stereocenters. The number of amides is 1. The molecule has 2 aromatic carbocycles. The number of nitrogens with zero attached hydrogens (tertiary/aromatic N) is 1. The minimum atomic E-state index is -0.309. The molecule has 0 aromatic heterocycles. The van der Waals surface area contributed by atoms with Gasteiger partial charge in [-0.25, -0.2) is 4.39 Å². The first kappa shape index (κ1) is 25.7. The minimum Gasteiger partial charge on any atom is -0.489 e. The second kappa shape index (κ2) is 13.8. The molecule has 2 aromatic rings. The van der Waals surface area contributed by atoms with Crippen molar-refractivity contribution in [3.05, 3.63) is 65.5 Å². The van der Waals surface area contributed by atoms with Crippen LogP contribution in [0.15, 0.2) is 53.5 Å². The number of rotatable bonds is 9. The number of aliphatic imine (C=N–C) groups is 1. The van der Waals surface area contributed by atoms with Crippen molar-refractivity contribution in [1.29, 1.82) is 0 Å². The predicted octanol–water partition coefficient (Wildman–Crippen LogP) is 3.04. The maximum Gasteiger partial charge on any atom is 0.224 e. The molecule has 1 amide bonds. The van der Waals surface area contributed by atoms with E-state index in [4.69, 9.17) is 4.74 Å². The topological polar surface area (TPSA) is 74.8 Å². The zero-order chi connectivity index (χ0) is 21.1. The highest BCUT2D eigenvalue weighted by molar-refractivity contribution is 14.0. The van der Waals surface area contributed by atoms with Gasteiger partial charge in [-0.1, -0.05) is 30.3 Å². The second-order valence-corrected chi connectivity index (χ2v) is 6.73. The Morgan fingerprint density at radius 2 is 1.73 bits per heavy atom. The van der Waals surface area contributed by atoms with Crippen molar-refractivity contribution >= 4 is 35.8 Å². The number of aryl methyl sites for hydroxylation is 1. The van der Waals surface area contributed by atoms with E-state index < -0.39 is 0 Å². The fourth-order valence-electron chi connectivity index (χ4n) is 2.64. The van der Waals surface area contributed by atoms with Gasteiger partial charge in [0.15, 0.2) is 5.96 Å². The summed E-state index contributed by atoms with van der Waals surface area (Å²) < 4.78 is 18.8. The van der Waals surface area contributed by atoms with Crippen LogP contribution in [-0.4, -0.2) is 44.7 Å². The number of carbonyl (C=O) groups is 1. The van der Waals surface area contributed by atoms with Gasteiger partial charge < -0.3 is 20.7 Å². The Labute approximate surface area is 194 Å². The Hall–Kier alpha value is -2.36. The fraction of sp³-hybridized carbons (Fsp3) is 0.364. The summed E-state index contributed by atoms with van der Waals surface area (Å²) in [4.78, 5) is 16.1. The van der Waals surface area contributed by atoms with Crippen molar-refractivity contribution in [1.82, 2.24) is 16.0 Å². The lowest BCUT2D eigenvalue weighted by Crippen LogP contribution is -2.44. The Bertz CT molecular complexity index is 815. The number of halogens is 2. The molecule has 0 saturated carbocycles. The third kappa shape index (κ3) is 9.43. The number of nitrogens with one attached hydrogen (secondary N) is 3. The van der Waals surface area contributed by atoms with E-state index in [1.54, 1.807) is 19.2 Å². The van der Waals surface area contributed by atoms with Crippen LogP contribution in [0.1, 0.15) is 18.1 Å². The molecule has 0 radical (unpaired) electrons. The number of carbonyl (C=O) groups excluding carboxylic acids is 1. The second-order valence-electron chi connectivity index (χ2n) is 6.73. The molecule has 6 nitrogen and oxygen atoms in total. The average molecular weight is 528 g/mol. The van der Waals surface area contributed by atoms with Crippen molar-refractivity contribution in [2.45, 2.75) is 26.4 Å². The van der Waals surface area contributed by atoms with E-state index >= 15 is 0 Å². The summed E-state index contributed by atoms with van der Waals surface area (Å²) in [5.74, 6) is 1.09. The van der Waals surface area contributed by atoms with Crippen molar-refractivity contribution < 1.29 is 13.9 Å². The summed E-state index contributed by atoms with van der Waals surface area (Å²) in [6.07, 6.45) is 0.186. The fourth-order valence-corrected chi connectivity index (χ4v) is 2.64. The highest BCUT2D eigenvalue weighted by Gasteiger charge is 2.08. The van der Waals surface area contributed by atoms with E-state index in [1.807, 2.05) is 38.1 Å². The highest BCUT2D eigenvalue weighted by Crippen LogP contribution is 2.17. The van der Waals surface area contributed by atoms with Gasteiger partial charge in [0.05, 0.1) is 13.0 Å². The maximum atomic E-state index is 12.9. The summed E-state index contributed by atoms with van der Waals surface area (Å²) >= 11 is 0. The molecule has 1 atom stereocenters. The van der Waals surface area contributed by atoms with E-state index in [-0.39, 0.29) is 48.2 Å². The molecule has 0 fully saturated rings. The summed E-state index contributed by atoms with van der Waals surface area (Å²) in [5, 5.41) is 9.18. The lowest BCUT2D eigenvalue weighted by Gasteiger charge is -2.19. The molecule has 0 aliphatic carbocycles. The third-order valence-corrected chi connectivity index (χ3v) is 4.22. The van der Waals surface area contributed by atoms with E-state index in [2.05, 4.69) is 20.9 Å². The number of benzene rings is 2. The Kier molecular flexibility index (Phi) is 11.8. The first-order chi connectivity index (χ1) is 14.0. The summed E-state index contributed by atoms with van der Waals surface area (Å²) in [7, 11) is 1.69. The van der Waals surface area contributed by atoms with Gasteiger partial charge in [0, 0.05) is 20.1 Å². The predicted molar refractivity (Wildman–Crippen MR) is 129 cm³/mol. The van der Waals surface area contributed by atoms with Gasteiger partial charge in [0.2, 0.25) is 5.91 Å². The normalized spacial score (nSPS) is 11.8. The molecule has 2 rings (SSSR count). The number of para-hydroxylation sites is 1. The Morgan fingerprint density at radius 3 is 2.40 bits per heavy atom. The molecule has 0 aliphatic heterocycles. The number of hydrogen-bond acceptors (Lipinski definition) is 3. The lowest BCUT2D eigenvalue weighted by atomic mass is 10.1. The monoisotopic (exact) mass is 528 g/mol. The third-order valence-electron chi connectivity index (χ3n) is 4.22. The standard InChI is InChI=1S/C22H29FN4O2.HI/c1-16-6-4-5-7-20(16)29-17(2)15-27-22(24-3)26-13-12-25-21(28)14-18-8-10-19(23)11-9-18;/h4-11,17H,12-15H2,1-3H3,(H,25,28)(H2,24,26,27);1H. The van der Waals surface area contributed by atoms with Gasteiger partial charge in [-0.3, -0.25) is 9.79 Å². The SMILES string of the molecule is CN=C(NCCNC(=O)Cc1ccc(F)cc1)NCC(C)Oc1ccccc1C.I. The van der Waals surface area contributed by atoms with Crippen LogP contribution in [0.2, 0.25) is 0 Å². The van der Waals surface area contributed by atoms with E-state index in [0.717, 1.165) is 16.9 Å². The first-order valence-electron chi connectivity index (χ1n) is 9.66. The van der Waals surface area contributed by atoms with Gasteiger partial charge in [0.25, 0.3) is 0 Å². The molecule has 8 heteroatoms. The van der Waals surface area contributed by atoms with Gasteiger partial charge in [-0.2, -0.15) is 0 Å². The smallest absolute Gasteiger partial charge is 0.224 e. The van der Waals surface area contributed by atoms with E-state index in [0.29, 0.717) is 25.6 Å². The summed E-state index contributed by atoms with van der Waals surface area (Å²) in [5.41, 5.74) is 1.87. The van der Waals surface area contributed by atoms with Gasteiger partial charge in [-0.15, -0.1) is 24.0 Å². The molecule has 0 bridgehead atoms. The minimum absolute atomic E-state index is 0. The van der Waals surface area contributed by atoms with Crippen molar-refractivity contribution in [2.75, 3.05) is 26.7 Å². The van der Waals surface area contributed by atoms with Crippen LogP contribution in [0.4, 0.5) is 4.39 Å². The van der Waals surface area contributed by atoms with Crippen LogP contribution in [0.3, 0.4) is 0 Å². The van der Waals surface area contributed by atoms with Crippen molar-refractivity contribution in [3.63, 3.8) is 0 Å². The van der Waals surface area contributed by atoms with Crippen LogP contribution in [-0.2, 0) is 11.2 Å². The zero-order valence-electron chi connectivity index (χ0n) is 17.6. The zero-order valence-corrected chi connectivity index (χ0v) is 19.9. The molecule has 0 saturated heterocycles. The average Bonchev–Trinajstić information content (AvgIpc) is 2.71. The molecule has 30 heavy (non-hydrogen) atoms. The quantitative estimate of drug-likeness (QED) is 0.203. The molecule has 0 aliphatic rings. The molecule has 164 valence electrons. The molecular formula is C22H30FIN4O2. The Balaban J connectivity index is 0.00000450. The maximum absolute atomic E-state index is 12.9. The van der Waals surface area contributed by atoms with Gasteiger partial charge >= 0.3 is 0 Å². The highest BCUT2D eigenvalue weighted by atomic mass is 127. The van der Waals surface area contributed by atoms with Crippen LogP contribution >= 0.6 is 24.0 Å². The van der Waals surface area contributed by atoms with Crippen LogP contribution in [0.5, 0.6) is 5.75 Å². The van der Waals surface area contributed by atoms with Crippen LogP contribution < -0.4 is 20.7 Å². The summed E-state index contributed by atoms with van der Waals surface area (Å²) in [6.45, 7) is 5.57. The first-order valence-corrected chi connectivity index (χ1v) is 9.66. The van der Waals surface area contributed by atoms with Crippen LogP contribution in [0.25, 0.3) is 0 Å². The Morgan fingerprint density at radius 1 is 1.07 bits per heavy atom. The molecule has 0 heterocycles. The van der Waals surface area contributed by atoms with Gasteiger partial charge in [0.1, 0.15) is 17.7 Å². The molecular weight excluding hydrogens is 498 g/mol.